The maximum absolute atomic E-state index is 12.4. The smallest absolute Gasteiger partial charge is 0.255 e. The average Bonchev–Trinajstić information content (AvgIpc) is 2.54. The van der Waals surface area contributed by atoms with Crippen LogP contribution in [0.2, 0.25) is 0 Å². The third-order valence-electron chi connectivity index (χ3n) is 3.93. The Kier molecular flexibility index (Phi) is 4.20. The molecule has 1 N–H and O–H groups in total. The van der Waals surface area contributed by atoms with E-state index in [4.69, 9.17) is 4.74 Å². The number of fused-ring (bicyclic) bond motifs is 1. The van der Waals surface area contributed by atoms with Gasteiger partial charge in [0.1, 0.15) is 0 Å². The lowest BCUT2D eigenvalue weighted by atomic mass is 10.00. The molecule has 1 aliphatic heterocycles. The highest BCUT2D eigenvalue weighted by Crippen LogP contribution is 2.20. The van der Waals surface area contributed by atoms with Crippen LogP contribution in [0.25, 0.3) is 0 Å². The summed E-state index contributed by atoms with van der Waals surface area (Å²) in [5.41, 5.74) is 4.90. The van der Waals surface area contributed by atoms with E-state index in [1.54, 1.807) is 6.20 Å². The van der Waals surface area contributed by atoms with Crippen LogP contribution >= 0.6 is 0 Å². The van der Waals surface area contributed by atoms with E-state index in [0.29, 0.717) is 18.1 Å². The van der Waals surface area contributed by atoms with Crippen molar-refractivity contribution in [2.45, 2.75) is 32.8 Å². The third-order valence-corrected chi connectivity index (χ3v) is 3.93. The van der Waals surface area contributed by atoms with E-state index in [-0.39, 0.29) is 5.91 Å². The van der Waals surface area contributed by atoms with Gasteiger partial charge in [0.15, 0.2) is 0 Å². The second-order valence-electron chi connectivity index (χ2n) is 5.90. The first kappa shape index (κ1) is 14.7. The molecule has 0 atom stereocenters. The second kappa shape index (κ2) is 6.28. The van der Waals surface area contributed by atoms with Crippen molar-refractivity contribution in [3.8, 4) is 0 Å². The number of amides is 1. The number of carbonyl (C=O) groups excluding carboxylic acids is 1. The number of anilines is 1. The van der Waals surface area contributed by atoms with Gasteiger partial charge >= 0.3 is 0 Å². The number of carbonyl (C=O) groups is 1. The molecule has 1 amide bonds. The largest absolute Gasteiger partial charge is 0.376 e. The lowest BCUT2D eigenvalue weighted by molar-refractivity contribution is 0.102. The summed E-state index contributed by atoms with van der Waals surface area (Å²) in [6.45, 7) is 5.57. The summed E-state index contributed by atoms with van der Waals surface area (Å²) in [5.74, 6) is 0.282. The molecule has 2 heterocycles. The zero-order valence-electron chi connectivity index (χ0n) is 12.9. The molecule has 0 unspecified atom stereocenters. The van der Waals surface area contributed by atoms with Gasteiger partial charge in [0.2, 0.25) is 0 Å². The number of rotatable bonds is 3. The predicted molar refractivity (Wildman–Crippen MR) is 86.1 cm³/mol. The van der Waals surface area contributed by atoms with E-state index in [2.05, 4.69) is 24.1 Å². The van der Waals surface area contributed by atoms with Crippen LogP contribution < -0.4 is 5.32 Å². The molecular formula is C18H20N2O2. The Balaban J connectivity index is 1.78. The van der Waals surface area contributed by atoms with Crippen molar-refractivity contribution >= 4 is 11.6 Å². The number of aromatic nitrogens is 1. The van der Waals surface area contributed by atoms with Gasteiger partial charge in [0.05, 0.1) is 25.1 Å². The summed E-state index contributed by atoms with van der Waals surface area (Å²) in [7, 11) is 0. The van der Waals surface area contributed by atoms with E-state index >= 15 is 0 Å². The molecule has 0 saturated carbocycles. The van der Waals surface area contributed by atoms with Gasteiger partial charge in [0.25, 0.3) is 5.91 Å². The van der Waals surface area contributed by atoms with E-state index < -0.39 is 0 Å². The third kappa shape index (κ3) is 3.17. The summed E-state index contributed by atoms with van der Waals surface area (Å²) in [6.07, 6.45) is 4.37. The number of nitrogens with one attached hydrogen (secondary N) is 1. The molecule has 1 aromatic carbocycles. The highest BCUT2D eigenvalue weighted by molar-refractivity contribution is 6.04. The molecule has 0 bridgehead atoms. The summed E-state index contributed by atoms with van der Waals surface area (Å²) in [5, 5.41) is 2.93. The van der Waals surface area contributed by atoms with Crippen molar-refractivity contribution in [1.82, 2.24) is 4.98 Å². The van der Waals surface area contributed by atoms with Crippen molar-refractivity contribution in [3.05, 3.63) is 58.9 Å². The summed E-state index contributed by atoms with van der Waals surface area (Å²) in [4.78, 5) is 16.6. The van der Waals surface area contributed by atoms with Crippen molar-refractivity contribution in [1.29, 1.82) is 0 Å². The normalized spacial score (nSPS) is 13.8. The molecular weight excluding hydrogens is 276 g/mol. The van der Waals surface area contributed by atoms with Gasteiger partial charge in [0, 0.05) is 11.8 Å². The molecule has 0 saturated heterocycles. The number of benzene rings is 1. The highest BCUT2D eigenvalue weighted by Gasteiger charge is 2.13. The molecule has 4 nitrogen and oxygen atoms in total. The average molecular weight is 296 g/mol. The highest BCUT2D eigenvalue weighted by atomic mass is 16.5. The minimum atomic E-state index is -0.100. The van der Waals surface area contributed by atoms with Crippen LogP contribution in [-0.2, 0) is 17.8 Å². The molecule has 0 fully saturated rings. The van der Waals surface area contributed by atoms with E-state index in [1.165, 1.54) is 11.1 Å². The van der Waals surface area contributed by atoms with E-state index in [9.17, 15) is 4.79 Å². The lowest BCUT2D eigenvalue weighted by Crippen LogP contribution is -2.15. The Morgan fingerprint density at radius 3 is 2.91 bits per heavy atom. The Labute approximate surface area is 130 Å². The molecule has 22 heavy (non-hydrogen) atoms. The molecule has 0 radical (unpaired) electrons. The standard InChI is InChI=1S/C18H20N2O2/c1-12(2)16-8-17(10-19-9-16)20-18(21)14-3-4-15-11-22-6-5-13(15)7-14/h3-4,7-10,12H,5-6,11H2,1-2H3,(H,20,21). The number of nitrogens with zero attached hydrogens (tertiary/aromatic N) is 1. The Bertz CT molecular complexity index is 695. The monoisotopic (exact) mass is 296 g/mol. The van der Waals surface area contributed by atoms with E-state index in [1.807, 2.05) is 30.5 Å². The second-order valence-corrected chi connectivity index (χ2v) is 5.90. The Hall–Kier alpha value is -2.20. The van der Waals surface area contributed by atoms with Gasteiger partial charge in [-0.3, -0.25) is 9.78 Å². The summed E-state index contributed by atoms with van der Waals surface area (Å²) in [6, 6.07) is 7.77. The van der Waals surface area contributed by atoms with Gasteiger partial charge < -0.3 is 10.1 Å². The zero-order chi connectivity index (χ0) is 15.5. The predicted octanol–water partition coefficient (Wildman–Crippen LogP) is 3.53. The van der Waals surface area contributed by atoms with Crippen LogP contribution in [0.15, 0.2) is 36.7 Å². The summed E-state index contributed by atoms with van der Waals surface area (Å²) >= 11 is 0. The Morgan fingerprint density at radius 1 is 1.23 bits per heavy atom. The van der Waals surface area contributed by atoms with Crippen molar-refractivity contribution in [2.24, 2.45) is 0 Å². The molecule has 114 valence electrons. The van der Waals surface area contributed by atoms with Crippen molar-refractivity contribution in [2.75, 3.05) is 11.9 Å². The molecule has 0 spiro atoms. The Morgan fingerprint density at radius 2 is 2.09 bits per heavy atom. The fraction of sp³-hybridized carbons (Fsp3) is 0.333. The molecule has 2 aromatic rings. The minimum absolute atomic E-state index is 0.100. The van der Waals surface area contributed by atoms with Gasteiger partial charge in [-0.05, 0) is 47.2 Å². The SMILES string of the molecule is CC(C)c1cncc(NC(=O)c2ccc3c(c2)CCOC3)c1. The fourth-order valence-electron chi connectivity index (χ4n) is 2.55. The number of pyridine rings is 1. The molecule has 3 rings (SSSR count). The maximum Gasteiger partial charge on any atom is 0.255 e. The number of hydrogen-bond donors (Lipinski definition) is 1. The molecule has 4 heteroatoms. The minimum Gasteiger partial charge on any atom is -0.376 e. The first-order valence-electron chi connectivity index (χ1n) is 7.59. The molecule has 1 aromatic heterocycles. The van der Waals surface area contributed by atoms with Gasteiger partial charge in [-0.1, -0.05) is 19.9 Å². The van der Waals surface area contributed by atoms with Crippen LogP contribution in [0.3, 0.4) is 0 Å². The van der Waals surface area contributed by atoms with E-state index in [0.717, 1.165) is 24.3 Å². The topological polar surface area (TPSA) is 51.2 Å². The fourth-order valence-corrected chi connectivity index (χ4v) is 2.55. The van der Waals surface area contributed by atoms with Crippen LogP contribution in [-0.4, -0.2) is 17.5 Å². The number of ether oxygens (including phenoxy) is 1. The van der Waals surface area contributed by atoms with Crippen LogP contribution in [0.1, 0.15) is 46.8 Å². The van der Waals surface area contributed by atoms with Gasteiger partial charge in [-0.2, -0.15) is 0 Å². The van der Waals surface area contributed by atoms with Crippen LogP contribution in [0.4, 0.5) is 5.69 Å². The van der Waals surface area contributed by atoms with Crippen molar-refractivity contribution < 1.29 is 9.53 Å². The van der Waals surface area contributed by atoms with Crippen molar-refractivity contribution in [3.63, 3.8) is 0 Å². The zero-order valence-corrected chi connectivity index (χ0v) is 12.9. The lowest BCUT2D eigenvalue weighted by Gasteiger charge is -2.17. The quantitative estimate of drug-likeness (QED) is 0.942. The first-order valence-corrected chi connectivity index (χ1v) is 7.59. The molecule has 1 aliphatic rings. The molecule has 0 aliphatic carbocycles. The summed E-state index contributed by atoms with van der Waals surface area (Å²) < 4.78 is 5.42. The van der Waals surface area contributed by atoms with Gasteiger partial charge in [-0.25, -0.2) is 0 Å². The van der Waals surface area contributed by atoms with Gasteiger partial charge in [-0.15, -0.1) is 0 Å². The first-order chi connectivity index (χ1) is 10.6. The maximum atomic E-state index is 12.4. The van der Waals surface area contributed by atoms with Crippen LogP contribution in [0.5, 0.6) is 0 Å². The number of hydrogen-bond acceptors (Lipinski definition) is 3. The van der Waals surface area contributed by atoms with Crippen LogP contribution in [0, 0.1) is 0 Å².